The average molecular weight is 523 g/mol. The smallest absolute Gasteiger partial charge is 0.326 e. The number of nitrogens with zero attached hydrogens (tertiary/aromatic N) is 5. The number of imide groups is 1. The monoisotopic (exact) mass is 522 g/mol. The van der Waals surface area contributed by atoms with Crippen LogP contribution in [0.4, 0.5) is 9.18 Å². The number of ether oxygens (including phenoxy) is 1. The van der Waals surface area contributed by atoms with Crippen molar-refractivity contribution in [3.8, 4) is 17.0 Å². The zero-order valence-corrected chi connectivity index (χ0v) is 20.8. The molecule has 0 bridgehead atoms. The van der Waals surface area contributed by atoms with Gasteiger partial charge in [0.15, 0.2) is 4.87 Å². The van der Waals surface area contributed by atoms with E-state index < -0.39 is 35.1 Å². The lowest BCUT2D eigenvalue weighted by Gasteiger charge is -2.32. The molecule has 3 aliphatic heterocycles. The number of hydrogen-bond donors (Lipinski definition) is 1. The highest BCUT2D eigenvalue weighted by atomic mass is 32.2. The Morgan fingerprint density at radius 1 is 1.27 bits per heavy atom. The number of nitrogens with one attached hydrogen (secondary N) is 1. The van der Waals surface area contributed by atoms with E-state index in [0.29, 0.717) is 29.1 Å². The molecule has 3 aliphatic rings. The summed E-state index contributed by atoms with van der Waals surface area (Å²) in [6.07, 6.45) is 4.22. The highest BCUT2D eigenvalue weighted by molar-refractivity contribution is 8.01. The molecule has 1 atom stereocenters. The molecule has 1 N–H and O–H groups in total. The Balaban J connectivity index is 1.24. The van der Waals surface area contributed by atoms with Crippen LogP contribution in [0.2, 0.25) is 0 Å². The van der Waals surface area contributed by atoms with Gasteiger partial charge in [-0.05, 0) is 30.7 Å². The minimum Gasteiger partial charge on any atom is -0.491 e. The summed E-state index contributed by atoms with van der Waals surface area (Å²) in [7, 11) is 1.83. The Morgan fingerprint density at radius 3 is 2.95 bits per heavy atom. The number of rotatable bonds is 3. The van der Waals surface area contributed by atoms with Crippen LogP contribution in [0.3, 0.4) is 0 Å². The van der Waals surface area contributed by atoms with Crippen molar-refractivity contribution in [2.45, 2.75) is 17.8 Å². The normalized spacial score (nSPS) is 20.8. The minimum atomic E-state index is -1.33. The van der Waals surface area contributed by atoms with Crippen LogP contribution >= 0.6 is 11.8 Å². The largest absolute Gasteiger partial charge is 0.491 e. The molecule has 190 valence electrons. The highest BCUT2D eigenvalue weighted by Gasteiger charge is 2.56. The number of halogens is 1. The molecule has 0 aliphatic carbocycles. The van der Waals surface area contributed by atoms with Crippen molar-refractivity contribution in [3.05, 3.63) is 65.4 Å². The van der Waals surface area contributed by atoms with Crippen molar-refractivity contribution in [2.75, 3.05) is 25.4 Å². The zero-order valence-electron chi connectivity index (χ0n) is 19.9. The van der Waals surface area contributed by atoms with Crippen molar-refractivity contribution in [2.24, 2.45) is 7.05 Å². The number of fused-ring (bicyclic) bond motifs is 3. The first kappa shape index (κ1) is 23.5. The molecular formula is C25H23FN6O4S. The van der Waals surface area contributed by atoms with Gasteiger partial charge in [-0.1, -0.05) is 6.07 Å². The summed E-state index contributed by atoms with van der Waals surface area (Å²) in [5, 5.41) is 7.02. The Labute approximate surface area is 215 Å². The minimum absolute atomic E-state index is 0.124. The van der Waals surface area contributed by atoms with Gasteiger partial charge in [0, 0.05) is 47.9 Å². The van der Waals surface area contributed by atoms with Crippen molar-refractivity contribution < 1.29 is 23.5 Å². The van der Waals surface area contributed by atoms with E-state index in [4.69, 9.17) is 9.72 Å². The standard InChI is InChI=1S/C25H23FN6O4S/c1-30-12-16(11-27-30)19-4-3-18-20(28-19)6-9-37-25(18)23(34)32(24(35)29-25)14-22(33)31-7-8-36-21-5-2-17(26)10-15(21)13-31/h2-5,10-12H,6-9,13-14H2,1H3,(H,29,35)/t25-/m1/s1. The van der Waals surface area contributed by atoms with Crippen LogP contribution in [0.5, 0.6) is 5.75 Å². The maximum absolute atomic E-state index is 13.8. The third-order valence-electron chi connectivity index (χ3n) is 6.73. The van der Waals surface area contributed by atoms with Crippen LogP contribution < -0.4 is 10.1 Å². The zero-order chi connectivity index (χ0) is 25.7. The summed E-state index contributed by atoms with van der Waals surface area (Å²) in [6, 6.07) is 7.16. The number of aryl methyl sites for hydroxylation is 2. The molecule has 1 saturated heterocycles. The lowest BCUT2D eigenvalue weighted by atomic mass is 10.0. The van der Waals surface area contributed by atoms with Gasteiger partial charge in [-0.3, -0.25) is 24.2 Å². The second-order valence-electron chi connectivity index (χ2n) is 9.11. The predicted octanol–water partition coefficient (Wildman–Crippen LogP) is 2.04. The molecule has 0 saturated carbocycles. The summed E-state index contributed by atoms with van der Waals surface area (Å²) >= 11 is 1.33. The first-order valence-corrected chi connectivity index (χ1v) is 12.8. The molecule has 1 spiro atoms. The molecule has 3 aromatic rings. The number of carbonyl (C=O) groups is 3. The van der Waals surface area contributed by atoms with Crippen LogP contribution in [0.15, 0.2) is 42.7 Å². The molecule has 1 fully saturated rings. The third-order valence-corrected chi connectivity index (χ3v) is 8.07. The topological polar surface area (TPSA) is 110 Å². The molecule has 37 heavy (non-hydrogen) atoms. The Kier molecular flexibility index (Phi) is 5.63. The van der Waals surface area contributed by atoms with Gasteiger partial charge in [0.1, 0.15) is 24.7 Å². The van der Waals surface area contributed by atoms with Crippen molar-refractivity contribution in [1.82, 2.24) is 29.9 Å². The van der Waals surface area contributed by atoms with Gasteiger partial charge in [-0.25, -0.2) is 9.18 Å². The highest BCUT2D eigenvalue weighted by Crippen LogP contribution is 2.45. The summed E-state index contributed by atoms with van der Waals surface area (Å²) in [4.78, 5) is 45.7. The summed E-state index contributed by atoms with van der Waals surface area (Å²) in [5.74, 6) is -0.256. The number of hydrogen-bond acceptors (Lipinski definition) is 7. The molecule has 5 heterocycles. The van der Waals surface area contributed by atoms with Gasteiger partial charge in [-0.15, -0.1) is 11.8 Å². The first-order valence-electron chi connectivity index (χ1n) is 11.8. The lowest BCUT2D eigenvalue weighted by Crippen LogP contribution is -2.46. The van der Waals surface area contributed by atoms with E-state index in [1.165, 1.54) is 34.9 Å². The number of thioether (sulfide) groups is 1. The summed E-state index contributed by atoms with van der Waals surface area (Å²) in [5.41, 5.74) is 3.47. The molecular weight excluding hydrogens is 499 g/mol. The number of aromatic nitrogens is 3. The third kappa shape index (κ3) is 4.01. The van der Waals surface area contributed by atoms with Gasteiger partial charge in [0.2, 0.25) is 5.91 Å². The van der Waals surface area contributed by atoms with Gasteiger partial charge >= 0.3 is 6.03 Å². The Morgan fingerprint density at radius 2 is 2.14 bits per heavy atom. The number of carbonyl (C=O) groups excluding carboxylic acids is 3. The van der Waals surface area contributed by atoms with Gasteiger partial charge < -0.3 is 15.0 Å². The molecule has 1 aromatic carbocycles. The SMILES string of the molecule is Cn1cc(-c2ccc3c(n2)CCS[C@]32NC(=O)N(CC(=O)N3CCOc4ccc(F)cc4C3)C2=O)cn1. The molecule has 4 amide bonds. The lowest BCUT2D eigenvalue weighted by molar-refractivity contribution is -0.138. The molecule has 0 unspecified atom stereocenters. The van der Waals surface area contributed by atoms with E-state index >= 15 is 0 Å². The maximum Gasteiger partial charge on any atom is 0.326 e. The molecule has 10 nitrogen and oxygen atoms in total. The van der Waals surface area contributed by atoms with Crippen LogP contribution in [-0.4, -0.2) is 67.9 Å². The molecule has 0 radical (unpaired) electrons. The van der Waals surface area contributed by atoms with E-state index in [0.717, 1.165) is 21.9 Å². The second-order valence-corrected chi connectivity index (χ2v) is 10.4. The number of pyridine rings is 1. The second kappa shape index (κ2) is 8.87. The number of amides is 4. The predicted molar refractivity (Wildman–Crippen MR) is 132 cm³/mol. The van der Waals surface area contributed by atoms with Crippen molar-refractivity contribution in [1.29, 1.82) is 0 Å². The van der Waals surface area contributed by atoms with Crippen molar-refractivity contribution in [3.63, 3.8) is 0 Å². The van der Waals surface area contributed by atoms with Crippen LogP contribution in [-0.2, 0) is 34.5 Å². The van der Waals surface area contributed by atoms with E-state index in [2.05, 4.69) is 10.4 Å². The van der Waals surface area contributed by atoms with Crippen molar-refractivity contribution >= 4 is 29.6 Å². The van der Waals surface area contributed by atoms with Crippen LogP contribution in [0.1, 0.15) is 16.8 Å². The molecule has 2 aromatic heterocycles. The van der Waals surface area contributed by atoms with Crippen LogP contribution in [0, 0.1) is 5.82 Å². The van der Waals surface area contributed by atoms with Gasteiger partial charge in [-0.2, -0.15) is 5.10 Å². The summed E-state index contributed by atoms with van der Waals surface area (Å²) < 4.78 is 21.1. The van der Waals surface area contributed by atoms with Gasteiger partial charge in [0.25, 0.3) is 5.91 Å². The van der Waals surface area contributed by atoms with E-state index in [9.17, 15) is 18.8 Å². The van der Waals surface area contributed by atoms with E-state index in [-0.39, 0.29) is 19.7 Å². The number of urea groups is 1. The maximum atomic E-state index is 13.8. The average Bonchev–Trinajstić information content (AvgIpc) is 3.32. The Bertz CT molecular complexity index is 1440. The van der Waals surface area contributed by atoms with Gasteiger partial charge in [0.05, 0.1) is 18.4 Å². The fourth-order valence-corrected chi connectivity index (χ4v) is 6.23. The van der Waals surface area contributed by atoms with E-state index in [1.54, 1.807) is 10.9 Å². The quantitative estimate of drug-likeness (QED) is 0.525. The molecule has 12 heteroatoms. The van der Waals surface area contributed by atoms with Crippen LogP contribution in [0.25, 0.3) is 11.3 Å². The van der Waals surface area contributed by atoms with E-state index in [1.807, 2.05) is 25.4 Å². The summed E-state index contributed by atoms with van der Waals surface area (Å²) in [6.45, 7) is 0.179. The fourth-order valence-electron chi connectivity index (χ4n) is 4.89. The number of benzene rings is 1. The Hall–Kier alpha value is -3.93. The first-order chi connectivity index (χ1) is 17.8. The molecule has 6 rings (SSSR count). The fraction of sp³-hybridized carbons (Fsp3) is 0.320.